The number of amides is 4. The van der Waals surface area contributed by atoms with Crippen molar-refractivity contribution in [2.24, 2.45) is 5.92 Å². The second-order valence-electron chi connectivity index (χ2n) is 11.3. The molecule has 11 nitrogen and oxygen atoms in total. The molecule has 4 amide bonds. The van der Waals surface area contributed by atoms with Crippen molar-refractivity contribution in [3.05, 3.63) is 53.9 Å². The number of anilines is 1. The number of ether oxygens (including phenoxy) is 1. The van der Waals surface area contributed by atoms with Crippen LogP contribution in [-0.4, -0.2) is 101 Å². The van der Waals surface area contributed by atoms with Gasteiger partial charge < -0.3 is 19.6 Å². The lowest BCUT2D eigenvalue weighted by Gasteiger charge is -2.34. The molecular formula is C31H39N5O6. The first-order valence-corrected chi connectivity index (χ1v) is 14.8. The van der Waals surface area contributed by atoms with Crippen molar-refractivity contribution in [2.45, 2.75) is 51.0 Å². The van der Waals surface area contributed by atoms with Gasteiger partial charge in [-0.2, -0.15) is 0 Å². The molecule has 0 radical (unpaired) electrons. The molecule has 0 aliphatic carbocycles. The number of hydrogen-bond acceptors (Lipinski definition) is 7. The van der Waals surface area contributed by atoms with Crippen LogP contribution in [0.5, 0.6) is 5.75 Å². The number of rotatable bonds is 11. The Bertz CT molecular complexity index is 1320. The lowest BCUT2D eigenvalue weighted by Crippen LogP contribution is -2.52. The molecule has 3 atom stereocenters. The summed E-state index contributed by atoms with van der Waals surface area (Å²) in [7, 11) is 1.65. The van der Waals surface area contributed by atoms with Gasteiger partial charge in [-0.15, -0.1) is 0 Å². The van der Waals surface area contributed by atoms with Crippen molar-refractivity contribution in [2.75, 3.05) is 51.3 Å². The SMILES string of the molecule is CCCCN(C(=O)CN1C[C@H](c2ccc3c(c2)CCO3)C(C(=O)O)[C@@H]1CCN1C(=O)CCN(C)C1=O)c1cccnc1. The second kappa shape index (κ2) is 12.9. The normalized spacial score (nSPS) is 22.3. The first-order valence-electron chi connectivity index (χ1n) is 14.8. The van der Waals surface area contributed by atoms with E-state index in [1.807, 2.05) is 29.2 Å². The molecule has 0 saturated carbocycles. The van der Waals surface area contributed by atoms with Gasteiger partial charge in [0.15, 0.2) is 0 Å². The van der Waals surface area contributed by atoms with Gasteiger partial charge in [0.25, 0.3) is 0 Å². The number of imide groups is 1. The molecule has 3 aliphatic heterocycles. The highest BCUT2D eigenvalue weighted by atomic mass is 16.5. The number of hydrogen-bond donors (Lipinski definition) is 1. The standard InChI is InChI=1S/C31H39N5O6/c1-3-4-13-35(23-6-5-12-32-18-23)28(38)20-34-19-24(21-7-8-26-22(17-21)11-16-42-26)29(30(39)40)25(34)9-15-36-27(37)10-14-33(2)31(36)41/h5-8,12,17-18,24-25,29H,3-4,9-11,13-16,19-20H2,1-2H3,(H,39,40)/t24-,25+,29?/m1/s1. The van der Waals surface area contributed by atoms with Gasteiger partial charge in [-0.3, -0.25) is 29.2 Å². The summed E-state index contributed by atoms with van der Waals surface area (Å²) in [6.07, 6.45) is 6.30. The predicted octanol–water partition coefficient (Wildman–Crippen LogP) is 2.99. The van der Waals surface area contributed by atoms with Crippen LogP contribution in [0.1, 0.15) is 49.7 Å². The maximum absolute atomic E-state index is 13.8. The summed E-state index contributed by atoms with van der Waals surface area (Å²) in [5.41, 5.74) is 2.65. The molecule has 1 unspecified atom stereocenters. The van der Waals surface area contributed by atoms with Crippen LogP contribution in [0.15, 0.2) is 42.7 Å². The van der Waals surface area contributed by atoms with Crippen LogP contribution in [-0.2, 0) is 20.8 Å². The fourth-order valence-electron chi connectivity index (χ4n) is 6.40. The number of unbranched alkanes of at least 4 members (excludes halogenated alkanes) is 1. The summed E-state index contributed by atoms with van der Waals surface area (Å²) in [4.78, 5) is 62.7. The van der Waals surface area contributed by atoms with E-state index in [9.17, 15) is 24.3 Å². The maximum Gasteiger partial charge on any atom is 0.326 e. The fourth-order valence-corrected chi connectivity index (χ4v) is 6.40. The van der Waals surface area contributed by atoms with Gasteiger partial charge >= 0.3 is 12.0 Å². The van der Waals surface area contributed by atoms with Crippen molar-refractivity contribution >= 4 is 29.5 Å². The molecule has 0 bridgehead atoms. The molecule has 2 saturated heterocycles. The fraction of sp³-hybridized carbons (Fsp3) is 0.516. The van der Waals surface area contributed by atoms with Gasteiger partial charge in [0.1, 0.15) is 5.75 Å². The number of pyridine rings is 1. The van der Waals surface area contributed by atoms with Gasteiger partial charge in [-0.25, -0.2) is 4.79 Å². The molecule has 42 heavy (non-hydrogen) atoms. The topological polar surface area (TPSA) is 124 Å². The van der Waals surface area contributed by atoms with E-state index >= 15 is 0 Å². The smallest absolute Gasteiger partial charge is 0.326 e. The number of fused-ring (bicyclic) bond motifs is 1. The van der Waals surface area contributed by atoms with E-state index in [0.717, 1.165) is 36.1 Å². The summed E-state index contributed by atoms with van der Waals surface area (Å²) < 4.78 is 5.66. The van der Waals surface area contributed by atoms with Crippen LogP contribution >= 0.6 is 0 Å². The second-order valence-corrected chi connectivity index (χ2v) is 11.3. The van der Waals surface area contributed by atoms with E-state index < -0.39 is 17.9 Å². The van der Waals surface area contributed by atoms with Gasteiger partial charge in [-0.1, -0.05) is 25.5 Å². The number of carbonyl (C=O) groups is 4. The zero-order chi connectivity index (χ0) is 29.8. The van der Waals surface area contributed by atoms with E-state index in [1.54, 1.807) is 30.4 Å². The van der Waals surface area contributed by atoms with E-state index in [2.05, 4.69) is 11.9 Å². The van der Waals surface area contributed by atoms with Gasteiger partial charge in [0.2, 0.25) is 11.8 Å². The number of likely N-dealkylation sites (tertiary alicyclic amines) is 1. The van der Waals surface area contributed by atoms with Crippen molar-refractivity contribution in [3.8, 4) is 5.75 Å². The van der Waals surface area contributed by atoms with Crippen LogP contribution in [0.4, 0.5) is 10.5 Å². The molecular weight excluding hydrogens is 538 g/mol. The Morgan fingerprint density at radius 3 is 2.76 bits per heavy atom. The summed E-state index contributed by atoms with van der Waals surface area (Å²) in [5, 5.41) is 10.5. The minimum absolute atomic E-state index is 0.0133. The van der Waals surface area contributed by atoms with E-state index in [1.165, 1.54) is 9.80 Å². The highest BCUT2D eigenvalue weighted by Gasteiger charge is 2.48. The van der Waals surface area contributed by atoms with E-state index in [0.29, 0.717) is 31.9 Å². The molecule has 11 heteroatoms. The number of aliphatic carboxylic acids is 1. The van der Waals surface area contributed by atoms with Crippen molar-refractivity contribution < 1.29 is 29.0 Å². The van der Waals surface area contributed by atoms with Gasteiger partial charge in [0, 0.05) is 64.2 Å². The third kappa shape index (κ3) is 6.11. The van der Waals surface area contributed by atoms with Crippen molar-refractivity contribution in [3.63, 3.8) is 0 Å². The zero-order valence-electron chi connectivity index (χ0n) is 24.3. The molecule has 1 aromatic heterocycles. The minimum atomic E-state index is -0.958. The quantitative estimate of drug-likeness (QED) is 0.433. The van der Waals surface area contributed by atoms with Crippen molar-refractivity contribution in [1.29, 1.82) is 0 Å². The maximum atomic E-state index is 13.8. The third-order valence-corrected chi connectivity index (χ3v) is 8.68. The molecule has 4 heterocycles. The Balaban J connectivity index is 1.44. The summed E-state index contributed by atoms with van der Waals surface area (Å²) in [5.74, 6) is -1.74. The lowest BCUT2D eigenvalue weighted by atomic mass is 9.83. The van der Waals surface area contributed by atoms with Crippen LogP contribution in [0, 0.1) is 5.92 Å². The number of nitrogens with zero attached hydrogens (tertiary/aromatic N) is 5. The number of urea groups is 1. The molecule has 1 N–H and O–H groups in total. The Morgan fingerprint density at radius 1 is 1.19 bits per heavy atom. The number of carboxylic acids is 1. The minimum Gasteiger partial charge on any atom is -0.493 e. The zero-order valence-corrected chi connectivity index (χ0v) is 24.3. The summed E-state index contributed by atoms with van der Waals surface area (Å²) in [6.45, 7) is 4.02. The number of aromatic nitrogens is 1. The molecule has 2 fully saturated rings. The number of carboxylic acid groups (broad SMARTS) is 1. The van der Waals surface area contributed by atoms with Crippen LogP contribution < -0.4 is 9.64 Å². The molecule has 0 spiro atoms. The highest BCUT2D eigenvalue weighted by Crippen LogP contribution is 2.41. The Kier molecular flexibility index (Phi) is 9.06. The van der Waals surface area contributed by atoms with Crippen LogP contribution in [0.2, 0.25) is 0 Å². The first kappa shape index (κ1) is 29.5. The van der Waals surface area contributed by atoms with E-state index in [-0.39, 0.29) is 49.7 Å². The summed E-state index contributed by atoms with van der Waals surface area (Å²) >= 11 is 0. The number of benzene rings is 1. The average molecular weight is 578 g/mol. The lowest BCUT2D eigenvalue weighted by molar-refractivity contribution is -0.143. The molecule has 5 rings (SSSR count). The van der Waals surface area contributed by atoms with E-state index in [4.69, 9.17) is 4.74 Å². The monoisotopic (exact) mass is 577 g/mol. The largest absolute Gasteiger partial charge is 0.493 e. The van der Waals surface area contributed by atoms with Gasteiger partial charge in [-0.05, 0) is 42.2 Å². The number of carbonyl (C=O) groups excluding carboxylic acids is 3. The molecule has 1 aromatic carbocycles. The summed E-state index contributed by atoms with van der Waals surface area (Å²) in [6, 6.07) is 8.55. The van der Waals surface area contributed by atoms with Gasteiger partial charge in [0.05, 0.1) is 31.0 Å². The first-order chi connectivity index (χ1) is 20.3. The molecule has 2 aromatic rings. The van der Waals surface area contributed by atoms with Crippen LogP contribution in [0.25, 0.3) is 0 Å². The Hall–Kier alpha value is -3.99. The Morgan fingerprint density at radius 2 is 2.02 bits per heavy atom. The predicted molar refractivity (Wildman–Crippen MR) is 155 cm³/mol. The molecule has 224 valence electrons. The average Bonchev–Trinajstić information content (AvgIpc) is 3.60. The Labute approximate surface area is 246 Å². The van der Waals surface area contributed by atoms with Crippen LogP contribution in [0.3, 0.4) is 0 Å². The van der Waals surface area contributed by atoms with Crippen molar-refractivity contribution in [1.82, 2.24) is 19.7 Å². The molecule has 3 aliphatic rings. The third-order valence-electron chi connectivity index (χ3n) is 8.68. The highest BCUT2D eigenvalue weighted by molar-refractivity contribution is 5.97.